The molecule has 1 heterocycles. The summed E-state index contributed by atoms with van der Waals surface area (Å²) < 4.78 is 5.49. The van der Waals surface area contributed by atoms with Gasteiger partial charge in [-0.05, 0) is 39.8 Å². The zero-order chi connectivity index (χ0) is 15.3. The summed E-state index contributed by atoms with van der Waals surface area (Å²) in [5.74, 6) is -1.01. The zero-order valence-corrected chi connectivity index (χ0v) is 13.0. The fourth-order valence-electron chi connectivity index (χ4n) is 2.05. The van der Waals surface area contributed by atoms with Gasteiger partial charge in [0.05, 0.1) is 0 Å². The van der Waals surface area contributed by atoms with E-state index in [9.17, 15) is 4.79 Å². The second-order valence-electron chi connectivity index (χ2n) is 5.07. The minimum atomic E-state index is -1.08. The van der Waals surface area contributed by atoms with Gasteiger partial charge in [0.1, 0.15) is 17.3 Å². The Kier molecular flexibility index (Phi) is 6.23. The van der Waals surface area contributed by atoms with Crippen LogP contribution in [0.4, 0.5) is 0 Å². The lowest BCUT2D eigenvalue weighted by Gasteiger charge is -2.30. The number of hydrogen-bond donors (Lipinski definition) is 1. The van der Waals surface area contributed by atoms with E-state index in [2.05, 4.69) is 37.6 Å². The average Bonchev–Trinajstić information content (AvgIpc) is 2.33. The maximum absolute atomic E-state index is 11.1. The van der Waals surface area contributed by atoms with Gasteiger partial charge in [-0.1, -0.05) is 11.6 Å². The number of carboxylic acids is 1. The smallest absolute Gasteiger partial charge is 0.341 e. The lowest BCUT2D eigenvalue weighted by atomic mass is 10.2. The van der Waals surface area contributed by atoms with Gasteiger partial charge in [0.25, 0.3) is 0 Å². The molecule has 6 heteroatoms. The van der Waals surface area contributed by atoms with Crippen molar-refractivity contribution in [2.75, 3.05) is 13.2 Å². The van der Waals surface area contributed by atoms with Crippen LogP contribution in [0.3, 0.4) is 0 Å². The van der Waals surface area contributed by atoms with Crippen molar-refractivity contribution in [2.24, 2.45) is 0 Å². The van der Waals surface area contributed by atoms with E-state index in [0.717, 1.165) is 0 Å². The second kappa shape index (κ2) is 7.45. The Bertz CT molecular complexity index is 456. The van der Waals surface area contributed by atoms with E-state index >= 15 is 0 Å². The predicted octanol–water partition coefficient (Wildman–Crippen LogP) is 2.93. The molecule has 0 amide bonds. The van der Waals surface area contributed by atoms with Crippen molar-refractivity contribution in [3.63, 3.8) is 0 Å². The fraction of sp³-hybridized carbons (Fsp3) is 0.571. The van der Waals surface area contributed by atoms with Crippen molar-refractivity contribution in [1.82, 2.24) is 9.88 Å². The molecule has 1 rings (SSSR count). The molecule has 0 fully saturated rings. The Hall–Kier alpha value is -1.33. The summed E-state index contributed by atoms with van der Waals surface area (Å²) in [6, 6.07) is 3.62. The maximum atomic E-state index is 11.1. The van der Waals surface area contributed by atoms with Gasteiger partial charge in [-0.3, -0.25) is 4.90 Å². The van der Waals surface area contributed by atoms with E-state index in [1.807, 2.05) is 0 Å². The highest BCUT2D eigenvalue weighted by Crippen LogP contribution is 2.19. The lowest BCUT2D eigenvalue weighted by molar-refractivity contribution is 0.0689. The predicted molar refractivity (Wildman–Crippen MR) is 78.7 cm³/mol. The van der Waals surface area contributed by atoms with Gasteiger partial charge < -0.3 is 9.84 Å². The number of nitrogens with zero attached hydrogens (tertiary/aromatic N) is 2. The Morgan fingerprint density at radius 2 is 1.95 bits per heavy atom. The monoisotopic (exact) mass is 300 g/mol. The van der Waals surface area contributed by atoms with Crippen LogP contribution in [0.1, 0.15) is 38.1 Å². The summed E-state index contributed by atoms with van der Waals surface area (Å²) >= 11 is 5.77. The van der Waals surface area contributed by atoms with Gasteiger partial charge in [-0.15, -0.1) is 0 Å². The third kappa shape index (κ3) is 4.65. The van der Waals surface area contributed by atoms with Gasteiger partial charge >= 0.3 is 5.97 Å². The first-order valence-electron chi connectivity index (χ1n) is 6.61. The van der Waals surface area contributed by atoms with Crippen molar-refractivity contribution in [3.05, 3.63) is 22.8 Å². The van der Waals surface area contributed by atoms with Crippen molar-refractivity contribution < 1.29 is 14.6 Å². The van der Waals surface area contributed by atoms with Crippen molar-refractivity contribution in [1.29, 1.82) is 0 Å². The SMILES string of the molecule is CC(C)N(CCOc1nc(Cl)ccc1C(=O)O)C(C)C. The summed E-state index contributed by atoms with van der Waals surface area (Å²) in [6.45, 7) is 9.51. The second-order valence-corrected chi connectivity index (χ2v) is 5.45. The normalized spacial score (nSPS) is 11.4. The molecular formula is C14H21ClN2O3. The van der Waals surface area contributed by atoms with E-state index in [1.54, 1.807) is 0 Å². The number of hydrogen-bond acceptors (Lipinski definition) is 4. The topological polar surface area (TPSA) is 62.7 Å². The quantitative estimate of drug-likeness (QED) is 0.784. The van der Waals surface area contributed by atoms with Crippen molar-refractivity contribution >= 4 is 17.6 Å². The number of carbonyl (C=O) groups is 1. The molecule has 1 N–H and O–H groups in total. The Morgan fingerprint density at radius 1 is 1.35 bits per heavy atom. The Balaban J connectivity index is 2.70. The summed E-state index contributed by atoms with van der Waals surface area (Å²) in [6.07, 6.45) is 0. The van der Waals surface area contributed by atoms with E-state index in [4.69, 9.17) is 21.4 Å². The minimum Gasteiger partial charge on any atom is -0.477 e. The molecule has 5 nitrogen and oxygen atoms in total. The Morgan fingerprint density at radius 3 is 2.45 bits per heavy atom. The van der Waals surface area contributed by atoms with Gasteiger partial charge in [-0.25, -0.2) is 9.78 Å². The van der Waals surface area contributed by atoms with E-state index in [0.29, 0.717) is 25.2 Å². The molecule has 112 valence electrons. The van der Waals surface area contributed by atoms with Gasteiger partial charge in [0, 0.05) is 18.6 Å². The summed E-state index contributed by atoms with van der Waals surface area (Å²) in [5.41, 5.74) is 0.0232. The summed E-state index contributed by atoms with van der Waals surface area (Å²) in [7, 11) is 0. The summed E-state index contributed by atoms with van der Waals surface area (Å²) in [4.78, 5) is 17.3. The van der Waals surface area contributed by atoms with E-state index in [-0.39, 0.29) is 16.6 Å². The number of ether oxygens (including phenoxy) is 1. The summed E-state index contributed by atoms with van der Waals surface area (Å²) in [5, 5.41) is 9.29. The first kappa shape index (κ1) is 16.7. The highest BCUT2D eigenvalue weighted by molar-refractivity contribution is 6.29. The largest absolute Gasteiger partial charge is 0.477 e. The molecule has 0 unspecified atom stereocenters. The van der Waals surface area contributed by atoms with Gasteiger partial charge in [-0.2, -0.15) is 0 Å². The Labute approximate surface area is 124 Å². The van der Waals surface area contributed by atoms with Gasteiger partial charge in [0.15, 0.2) is 0 Å². The molecular weight excluding hydrogens is 280 g/mol. The molecule has 0 saturated heterocycles. The molecule has 0 spiro atoms. The first-order chi connectivity index (χ1) is 9.32. The third-order valence-corrected chi connectivity index (χ3v) is 3.18. The number of aromatic carboxylic acids is 1. The molecule has 1 aromatic rings. The number of rotatable bonds is 7. The van der Waals surface area contributed by atoms with Crippen molar-refractivity contribution in [2.45, 2.75) is 39.8 Å². The molecule has 0 aliphatic heterocycles. The number of pyridine rings is 1. The molecule has 0 aliphatic carbocycles. The molecule has 0 aromatic carbocycles. The molecule has 0 saturated carbocycles. The number of aromatic nitrogens is 1. The van der Waals surface area contributed by atoms with Crippen LogP contribution in [0.2, 0.25) is 5.15 Å². The van der Waals surface area contributed by atoms with E-state index in [1.165, 1.54) is 12.1 Å². The lowest BCUT2D eigenvalue weighted by Crippen LogP contribution is -2.39. The highest BCUT2D eigenvalue weighted by atomic mass is 35.5. The maximum Gasteiger partial charge on any atom is 0.341 e. The first-order valence-corrected chi connectivity index (χ1v) is 6.99. The third-order valence-electron chi connectivity index (χ3n) is 2.97. The van der Waals surface area contributed by atoms with Crippen LogP contribution in [0.5, 0.6) is 5.88 Å². The van der Waals surface area contributed by atoms with Crippen molar-refractivity contribution in [3.8, 4) is 5.88 Å². The fourth-order valence-corrected chi connectivity index (χ4v) is 2.19. The molecule has 0 radical (unpaired) electrons. The van der Waals surface area contributed by atoms with Crippen LogP contribution >= 0.6 is 11.6 Å². The van der Waals surface area contributed by atoms with Gasteiger partial charge in [0.2, 0.25) is 5.88 Å². The minimum absolute atomic E-state index is 0.0232. The average molecular weight is 301 g/mol. The van der Waals surface area contributed by atoms with Crippen LogP contribution in [0, 0.1) is 0 Å². The molecule has 0 atom stereocenters. The van der Waals surface area contributed by atoms with Crippen LogP contribution < -0.4 is 4.74 Å². The number of carboxylic acid groups (broad SMARTS) is 1. The van der Waals surface area contributed by atoms with E-state index < -0.39 is 5.97 Å². The molecule has 20 heavy (non-hydrogen) atoms. The number of halogens is 1. The van der Waals surface area contributed by atoms with Crippen LogP contribution in [-0.4, -0.2) is 46.2 Å². The standard InChI is InChI=1S/C14H21ClN2O3/c1-9(2)17(10(3)4)7-8-20-13-11(14(18)19)5-6-12(15)16-13/h5-6,9-10H,7-8H2,1-4H3,(H,18,19). The highest BCUT2D eigenvalue weighted by Gasteiger charge is 2.16. The zero-order valence-electron chi connectivity index (χ0n) is 12.3. The van der Waals surface area contributed by atoms with Crippen LogP contribution in [-0.2, 0) is 0 Å². The molecule has 1 aromatic heterocycles. The van der Waals surface area contributed by atoms with Crippen LogP contribution in [0.15, 0.2) is 12.1 Å². The molecule has 0 aliphatic rings. The van der Waals surface area contributed by atoms with Crippen LogP contribution in [0.25, 0.3) is 0 Å². The molecule has 0 bridgehead atoms.